The van der Waals surface area contributed by atoms with Crippen molar-refractivity contribution in [1.82, 2.24) is 10.2 Å². The van der Waals surface area contributed by atoms with Crippen molar-refractivity contribution >= 4 is 0 Å². The maximum Gasteiger partial charge on any atom is 0.0597 e. The van der Waals surface area contributed by atoms with Crippen LogP contribution in [0, 0.1) is 0 Å². The number of hydrogen-bond donors (Lipinski definition) is 1. The van der Waals surface area contributed by atoms with E-state index in [1.165, 1.54) is 45.1 Å². The van der Waals surface area contributed by atoms with Crippen molar-refractivity contribution in [2.24, 2.45) is 0 Å². The minimum Gasteiger partial charge on any atom is -0.377 e. The van der Waals surface area contributed by atoms with Gasteiger partial charge in [-0.2, -0.15) is 0 Å². The Bertz CT molecular complexity index is 202. The Morgan fingerprint density at radius 1 is 1.18 bits per heavy atom. The van der Waals surface area contributed by atoms with Crippen molar-refractivity contribution in [3.05, 3.63) is 0 Å². The summed E-state index contributed by atoms with van der Waals surface area (Å²) in [6.07, 6.45) is 8.69. The molecule has 1 saturated carbocycles. The fraction of sp³-hybridized carbons (Fsp3) is 1.00. The summed E-state index contributed by atoms with van der Waals surface area (Å²) < 4.78 is 6.05. The minimum atomic E-state index is 0.552. The molecule has 2 fully saturated rings. The van der Waals surface area contributed by atoms with Gasteiger partial charge in [0.15, 0.2) is 0 Å². The number of nitrogens with one attached hydrogen (secondary N) is 1. The minimum absolute atomic E-state index is 0.552. The van der Waals surface area contributed by atoms with Crippen molar-refractivity contribution in [2.45, 2.75) is 57.6 Å². The Hall–Kier alpha value is -0.120. The molecule has 0 spiro atoms. The maximum absolute atomic E-state index is 6.05. The van der Waals surface area contributed by atoms with E-state index in [4.69, 9.17) is 4.74 Å². The zero-order valence-electron chi connectivity index (χ0n) is 11.3. The van der Waals surface area contributed by atoms with Crippen LogP contribution in [0.3, 0.4) is 0 Å². The van der Waals surface area contributed by atoms with Crippen LogP contribution < -0.4 is 5.32 Å². The summed E-state index contributed by atoms with van der Waals surface area (Å²) in [4.78, 5) is 2.55. The molecule has 1 aliphatic carbocycles. The zero-order valence-corrected chi connectivity index (χ0v) is 11.3. The highest BCUT2D eigenvalue weighted by Gasteiger charge is 2.18. The number of hydrogen-bond acceptors (Lipinski definition) is 3. The first kappa shape index (κ1) is 13.3. The molecule has 17 heavy (non-hydrogen) atoms. The first-order valence-electron chi connectivity index (χ1n) is 7.42. The van der Waals surface area contributed by atoms with Gasteiger partial charge in [0.1, 0.15) is 0 Å². The van der Waals surface area contributed by atoms with Gasteiger partial charge >= 0.3 is 0 Å². The maximum atomic E-state index is 6.05. The van der Waals surface area contributed by atoms with Gasteiger partial charge in [0.25, 0.3) is 0 Å². The van der Waals surface area contributed by atoms with Crippen LogP contribution in [0.1, 0.15) is 45.4 Å². The molecule has 2 rings (SSSR count). The average Bonchev–Trinajstić information content (AvgIpc) is 2.60. The summed E-state index contributed by atoms with van der Waals surface area (Å²) in [5.41, 5.74) is 0. The Morgan fingerprint density at radius 3 is 2.65 bits per heavy atom. The Kier molecular flexibility index (Phi) is 5.75. The Balaban J connectivity index is 1.60. The van der Waals surface area contributed by atoms with Gasteiger partial charge in [-0.3, -0.25) is 4.90 Å². The van der Waals surface area contributed by atoms with Gasteiger partial charge in [0.05, 0.1) is 12.7 Å². The van der Waals surface area contributed by atoms with E-state index in [-0.39, 0.29) is 0 Å². The van der Waals surface area contributed by atoms with Crippen LogP contribution in [0.4, 0.5) is 0 Å². The molecular weight excluding hydrogens is 212 g/mol. The molecule has 1 saturated heterocycles. The van der Waals surface area contributed by atoms with E-state index >= 15 is 0 Å². The van der Waals surface area contributed by atoms with Crippen molar-refractivity contribution in [3.8, 4) is 0 Å². The highest BCUT2D eigenvalue weighted by atomic mass is 16.5. The van der Waals surface area contributed by atoms with Crippen LogP contribution in [0.25, 0.3) is 0 Å². The standard InChI is InChI=1S/C14H28N2O/c1-13-12-15-8-9-16(13)10-11-17-14-6-4-2-3-5-7-14/h13-15H,2-12H2,1H3/t13-/m0/s1. The van der Waals surface area contributed by atoms with Gasteiger partial charge in [-0.25, -0.2) is 0 Å². The number of rotatable bonds is 4. The van der Waals surface area contributed by atoms with Gasteiger partial charge in [-0.05, 0) is 19.8 Å². The summed E-state index contributed by atoms with van der Waals surface area (Å²) in [6.45, 7) is 7.78. The van der Waals surface area contributed by atoms with E-state index in [0.717, 1.165) is 26.2 Å². The fourth-order valence-electron chi connectivity index (χ4n) is 2.96. The number of ether oxygens (including phenoxy) is 1. The highest BCUT2D eigenvalue weighted by Crippen LogP contribution is 2.19. The number of piperazine rings is 1. The Morgan fingerprint density at radius 2 is 1.94 bits per heavy atom. The smallest absolute Gasteiger partial charge is 0.0597 e. The summed E-state index contributed by atoms with van der Waals surface area (Å²) in [5.74, 6) is 0. The van der Waals surface area contributed by atoms with Crippen LogP contribution in [0.5, 0.6) is 0 Å². The summed E-state index contributed by atoms with van der Waals surface area (Å²) in [7, 11) is 0. The third-order valence-electron chi connectivity index (χ3n) is 4.17. The van der Waals surface area contributed by atoms with Crippen molar-refractivity contribution in [2.75, 3.05) is 32.8 Å². The van der Waals surface area contributed by atoms with E-state index in [1.807, 2.05) is 0 Å². The fourth-order valence-corrected chi connectivity index (χ4v) is 2.96. The molecule has 2 aliphatic rings. The molecule has 1 heterocycles. The molecule has 0 aromatic carbocycles. The second-order valence-electron chi connectivity index (χ2n) is 5.57. The summed E-state index contributed by atoms with van der Waals surface area (Å²) >= 11 is 0. The molecule has 0 aromatic rings. The van der Waals surface area contributed by atoms with Gasteiger partial charge in [-0.15, -0.1) is 0 Å². The van der Waals surface area contributed by atoms with Crippen LogP contribution in [-0.4, -0.2) is 49.8 Å². The molecule has 100 valence electrons. The van der Waals surface area contributed by atoms with Crippen LogP contribution in [0.15, 0.2) is 0 Å². The summed E-state index contributed by atoms with van der Waals surface area (Å²) in [5, 5.41) is 3.43. The van der Waals surface area contributed by atoms with Crippen molar-refractivity contribution in [1.29, 1.82) is 0 Å². The van der Waals surface area contributed by atoms with Crippen molar-refractivity contribution in [3.63, 3.8) is 0 Å². The molecule has 0 amide bonds. The first-order chi connectivity index (χ1) is 8.36. The molecular formula is C14H28N2O. The van der Waals surface area contributed by atoms with Crippen LogP contribution in [-0.2, 0) is 4.74 Å². The lowest BCUT2D eigenvalue weighted by Crippen LogP contribution is -2.50. The lowest BCUT2D eigenvalue weighted by atomic mass is 10.1. The Labute approximate surface area is 106 Å². The van der Waals surface area contributed by atoms with Crippen LogP contribution in [0.2, 0.25) is 0 Å². The van der Waals surface area contributed by atoms with Gasteiger partial charge in [0, 0.05) is 32.2 Å². The second-order valence-corrected chi connectivity index (χ2v) is 5.57. The topological polar surface area (TPSA) is 24.5 Å². The highest BCUT2D eigenvalue weighted by molar-refractivity contribution is 4.75. The van der Waals surface area contributed by atoms with E-state index in [9.17, 15) is 0 Å². The molecule has 0 bridgehead atoms. The summed E-state index contributed by atoms with van der Waals surface area (Å²) in [6, 6.07) is 0.668. The number of nitrogens with zero attached hydrogens (tertiary/aromatic N) is 1. The normalized spacial score (nSPS) is 29.1. The van der Waals surface area contributed by atoms with E-state index in [0.29, 0.717) is 12.1 Å². The lowest BCUT2D eigenvalue weighted by molar-refractivity contribution is 0.0200. The largest absolute Gasteiger partial charge is 0.377 e. The van der Waals surface area contributed by atoms with Gasteiger partial charge < -0.3 is 10.1 Å². The molecule has 3 heteroatoms. The average molecular weight is 240 g/mol. The molecule has 1 N–H and O–H groups in total. The predicted molar refractivity (Wildman–Crippen MR) is 71.3 cm³/mol. The quantitative estimate of drug-likeness (QED) is 0.761. The third kappa shape index (κ3) is 4.57. The molecule has 0 unspecified atom stereocenters. The van der Waals surface area contributed by atoms with Crippen molar-refractivity contribution < 1.29 is 4.74 Å². The lowest BCUT2D eigenvalue weighted by Gasteiger charge is -2.34. The second kappa shape index (κ2) is 7.34. The predicted octanol–water partition coefficient (Wildman–Crippen LogP) is 2.02. The van der Waals surface area contributed by atoms with E-state index in [1.54, 1.807) is 0 Å². The first-order valence-corrected chi connectivity index (χ1v) is 7.42. The molecule has 1 aliphatic heterocycles. The molecule has 0 radical (unpaired) electrons. The zero-order chi connectivity index (χ0) is 11.9. The SMILES string of the molecule is C[C@H]1CNCCN1CCOC1CCCCCC1. The van der Waals surface area contributed by atoms with E-state index < -0.39 is 0 Å². The monoisotopic (exact) mass is 240 g/mol. The van der Waals surface area contributed by atoms with Gasteiger partial charge in [-0.1, -0.05) is 25.7 Å². The van der Waals surface area contributed by atoms with Gasteiger partial charge in [0.2, 0.25) is 0 Å². The molecule has 1 atom stereocenters. The third-order valence-corrected chi connectivity index (χ3v) is 4.17. The van der Waals surface area contributed by atoms with E-state index in [2.05, 4.69) is 17.1 Å². The molecule has 0 aromatic heterocycles. The molecule has 3 nitrogen and oxygen atoms in total. The van der Waals surface area contributed by atoms with Crippen LogP contribution >= 0.6 is 0 Å².